The number of carbonyl (C=O) groups is 2. The minimum absolute atomic E-state index is 0.0309. The highest BCUT2D eigenvalue weighted by Gasteiger charge is 2.20. The van der Waals surface area contributed by atoms with Gasteiger partial charge in [0.2, 0.25) is 0 Å². The van der Waals surface area contributed by atoms with Gasteiger partial charge in [0.05, 0.1) is 25.7 Å². The summed E-state index contributed by atoms with van der Waals surface area (Å²) in [6.07, 6.45) is 5.91. The number of rotatable bonds is 12. The van der Waals surface area contributed by atoms with E-state index in [4.69, 9.17) is 9.47 Å². The van der Waals surface area contributed by atoms with Crippen molar-refractivity contribution < 1.29 is 19.1 Å². The first-order valence-electron chi connectivity index (χ1n) is 9.10. The summed E-state index contributed by atoms with van der Waals surface area (Å²) in [4.78, 5) is 24.1. The van der Waals surface area contributed by atoms with E-state index in [2.05, 4.69) is 6.92 Å². The number of benzene rings is 1. The van der Waals surface area contributed by atoms with Crippen molar-refractivity contribution in [3.63, 3.8) is 0 Å². The zero-order valence-electron chi connectivity index (χ0n) is 15.6. The number of hydrogen-bond acceptors (Lipinski definition) is 4. The summed E-state index contributed by atoms with van der Waals surface area (Å²) in [5.41, 5.74) is 1.09. The molecule has 0 aliphatic rings. The van der Waals surface area contributed by atoms with Crippen molar-refractivity contribution in [2.45, 2.75) is 59.2 Å². The van der Waals surface area contributed by atoms with E-state index in [9.17, 15) is 9.59 Å². The van der Waals surface area contributed by atoms with Gasteiger partial charge in [-0.15, -0.1) is 0 Å². The van der Waals surface area contributed by atoms with Gasteiger partial charge < -0.3 is 9.47 Å². The molecule has 0 aliphatic heterocycles. The molecule has 4 heteroatoms. The summed E-state index contributed by atoms with van der Waals surface area (Å²) in [5.74, 6) is -0.646. The number of allylic oxidation sites excluding steroid dienone is 1. The van der Waals surface area contributed by atoms with Crippen LogP contribution in [0, 0.1) is 5.92 Å². The van der Waals surface area contributed by atoms with Crippen LogP contribution in [0.25, 0.3) is 0 Å². The number of esters is 1. The van der Waals surface area contributed by atoms with Crippen LogP contribution in [0.1, 0.15) is 52.0 Å². The Kier molecular flexibility index (Phi) is 10.5. The zero-order valence-corrected chi connectivity index (χ0v) is 15.6. The standard InChI is InChI=1S/C21H30O4/c1-4-6-12-19(15-21(23)24-5-2)20(22)14-13-17(3)25-16-18-10-8-7-9-11-18/h7-11,13-14,17,19H,4-6,12,15-16H2,1-3H3/b14-13+. The molecule has 0 N–H and O–H groups in total. The van der Waals surface area contributed by atoms with Gasteiger partial charge in [-0.2, -0.15) is 0 Å². The molecule has 2 atom stereocenters. The molecule has 0 amide bonds. The fraction of sp³-hybridized carbons (Fsp3) is 0.524. The molecule has 1 aromatic carbocycles. The lowest BCUT2D eigenvalue weighted by Gasteiger charge is -2.13. The SMILES string of the molecule is CCCCC(CC(=O)OCC)C(=O)/C=C/C(C)OCc1ccccc1. The highest BCUT2D eigenvalue weighted by Crippen LogP contribution is 2.16. The van der Waals surface area contributed by atoms with Crippen molar-refractivity contribution in [1.82, 2.24) is 0 Å². The fourth-order valence-corrected chi connectivity index (χ4v) is 2.44. The van der Waals surface area contributed by atoms with Crippen LogP contribution >= 0.6 is 0 Å². The molecule has 0 fully saturated rings. The van der Waals surface area contributed by atoms with E-state index in [1.54, 1.807) is 19.1 Å². The predicted molar refractivity (Wildman–Crippen MR) is 99.1 cm³/mol. The Morgan fingerprint density at radius 3 is 2.52 bits per heavy atom. The third kappa shape index (κ3) is 9.20. The van der Waals surface area contributed by atoms with Crippen LogP contribution in [-0.2, 0) is 25.7 Å². The van der Waals surface area contributed by atoms with Crippen LogP contribution in [0.3, 0.4) is 0 Å². The Labute approximate surface area is 151 Å². The molecule has 1 aromatic rings. The van der Waals surface area contributed by atoms with Gasteiger partial charge in [0.15, 0.2) is 5.78 Å². The summed E-state index contributed by atoms with van der Waals surface area (Å²) >= 11 is 0. The molecule has 0 heterocycles. The first-order valence-corrected chi connectivity index (χ1v) is 9.10. The Morgan fingerprint density at radius 2 is 1.88 bits per heavy atom. The van der Waals surface area contributed by atoms with E-state index >= 15 is 0 Å². The van der Waals surface area contributed by atoms with E-state index in [1.165, 1.54) is 0 Å². The van der Waals surface area contributed by atoms with E-state index in [1.807, 2.05) is 37.3 Å². The lowest BCUT2D eigenvalue weighted by atomic mass is 9.93. The van der Waals surface area contributed by atoms with Crippen molar-refractivity contribution in [2.24, 2.45) is 5.92 Å². The summed E-state index contributed by atoms with van der Waals surface area (Å²) in [6.45, 7) is 6.59. The Hall–Kier alpha value is -1.94. The minimum Gasteiger partial charge on any atom is -0.466 e. The van der Waals surface area contributed by atoms with Gasteiger partial charge in [0.25, 0.3) is 0 Å². The normalized spacial score (nSPS) is 13.6. The molecule has 4 nitrogen and oxygen atoms in total. The van der Waals surface area contributed by atoms with Crippen LogP contribution < -0.4 is 0 Å². The molecular weight excluding hydrogens is 316 g/mol. The van der Waals surface area contributed by atoms with Gasteiger partial charge in [0.1, 0.15) is 0 Å². The summed E-state index contributed by atoms with van der Waals surface area (Å²) in [6, 6.07) is 9.90. The summed E-state index contributed by atoms with van der Waals surface area (Å²) < 4.78 is 10.7. The number of carbonyl (C=O) groups excluding carboxylic acids is 2. The van der Waals surface area contributed by atoms with Crippen LogP contribution in [-0.4, -0.2) is 24.5 Å². The highest BCUT2D eigenvalue weighted by molar-refractivity contribution is 5.94. The highest BCUT2D eigenvalue weighted by atomic mass is 16.5. The molecule has 0 saturated carbocycles. The molecule has 0 saturated heterocycles. The van der Waals surface area contributed by atoms with Gasteiger partial charge >= 0.3 is 5.97 Å². The third-order valence-corrected chi connectivity index (χ3v) is 3.91. The summed E-state index contributed by atoms with van der Waals surface area (Å²) in [5, 5.41) is 0. The van der Waals surface area contributed by atoms with Crippen LogP contribution in [0.15, 0.2) is 42.5 Å². The van der Waals surface area contributed by atoms with Crippen molar-refractivity contribution in [2.75, 3.05) is 6.61 Å². The number of ketones is 1. The van der Waals surface area contributed by atoms with Gasteiger partial charge in [0, 0.05) is 5.92 Å². The van der Waals surface area contributed by atoms with Gasteiger partial charge in [-0.1, -0.05) is 56.2 Å². The third-order valence-electron chi connectivity index (χ3n) is 3.91. The molecule has 0 radical (unpaired) electrons. The largest absolute Gasteiger partial charge is 0.466 e. The zero-order chi connectivity index (χ0) is 18.5. The second-order valence-electron chi connectivity index (χ2n) is 6.11. The lowest BCUT2D eigenvalue weighted by molar-refractivity contribution is -0.145. The van der Waals surface area contributed by atoms with E-state index in [-0.39, 0.29) is 30.2 Å². The molecule has 0 aromatic heterocycles. The van der Waals surface area contributed by atoms with Crippen molar-refractivity contribution in [1.29, 1.82) is 0 Å². The average Bonchev–Trinajstić information content (AvgIpc) is 2.62. The maximum absolute atomic E-state index is 12.4. The first kappa shape index (κ1) is 21.1. The molecule has 0 bridgehead atoms. The predicted octanol–water partition coefficient (Wildman–Crippen LogP) is 4.48. The van der Waals surface area contributed by atoms with E-state index < -0.39 is 0 Å². The smallest absolute Gasteiger partial charge is 0.306 e. The number of hydrogen-bond donors (Lipinski definition) is 0. The molecule has 0 spiro atoms. The molecule has 2 unspecified atom stereocenters. The lowest BCUT2D eigenvalue weighted by Crippen LogP contribution is -2.19. The van der Waals surface area contributed by atoms with Gasteiger partial charge in [-0.3, -0.25) is 9.59 Å². The van der Waals surface area contributed by atoms with E-state index in [0.717, 1.165) is 18.4 Å². The maximum Gasteiger partial charge on any atom is 0.306 e. The maximum atomic E-state index is 12.4. The van der Waals surface area contributed by atoms with Crippen molar-refractivity contribution in [3.05, 3.63) is 48.0 Å². The molecule has 138 valence electrons. The molecule has 25 heavy (non-hydrogen) atoms. The van der Waals surface area contributed by atoms with Gasteiger partial charge in [-0.25, -0.2) is 0 Å². The van der Waals surface area contributed by atoms with Crippen molar-refractivity contribution >= 4 is 11.8 Å². The van der Waals surface area contributed by atoms with Crippen molar-refractivity contribution in [3.8, 4) is 0 Å². The second kappa shape index (κ2) is 12.4. The average molecular weight is 346 g/mol. The Balaban J connectivity index is 2.51. The topological polar surface area (TPSA) is 52.6 Å². The first-order chi connectivity index (χ1) is 12.1. The van der Waals surface area contributed by atoms with Crippen LogP contribution in [0.2, 0.25) is 0 Å². The molecule has 0 aliphatic carbocycles. The second-order valence-corrected chi connectivity index (χ2v) is 6.11. The number of ether oxygens (including phenoxy) is 2. The monoisotopic (exact) mass is 346 g/mol. The molecule has 1 rings (SSSR count). The Bertz CT molecular complexity index is 536. The van der Waals surface area contributed by atoms with Crippen LogP contribution in [0.5, 0.6) is 0 Å². The molecular formula is C21H30O4. The van der Waals surface area contributed by atoms with E-state index in [0.29, 0.717) is 19.6 Å². The Morgan fingerprint density at radius 1 is 1.16 bits per heavy atom. The number of unbranched alkanes of at least 4 members (excludes halogenated alkanes) is 1. The van der Waals surface area contributed by atoms with Gasteiger partial charge in [-0.05, 0) is 31.9 Å². The summed E-state index contributed by atoms with van der Waals surface area (Å²) in [7, 11) is 0. The quantitative estimate of drug-likeness (QED) is 0.414. The minimum atomic E-state index is -0.309. The fourth-order valence-electron chi connectivity index (χ4n) is 2.44. The van der Waals surface area contributed by atoms with Crippen LogP contribution in [0.4, 0.5) is 0 Å².